The van der Waals surface area contributed by atoms with E-state index in [0.29, 0.717) is 29.7 Å². The molecule has 0 radical (unpaired) electrons. The summed E-state index contributed by atoms with van der Waals surface area (Å²) < 4.78 is 1.58. The van der Waals surface area contributed by atoms with Gasteiger partial charge in [-0.1, -0.05) is 12.1 Å². The highest BCUT2D eigenvalue weighted by atomic mass is 16.2. The molecule has 2 aromatic heterocycles. The van der Waals surface area contributed by atoms with Crippen LogP contribution in [0, 0.1) is 0 Å². The van der Waals surface area contributed by atoms with E-state index in [4.69, 9.17) is 0 Å². The highest BCUT2D eigenvalue weighted by molar-refractivity contribution is 5.94. The zero-order chi connectivity index (χ0) is 19.3. The summed E-state index contributed by atoms with van der Waals surface area (Å²) in [4.78, 5) is 28.5. The predicted molar refractivity (Wildman–Crippen MR) is 104 cm³/mol. The lowest BCUT2D eigenvalue weighted by Crippen LogP contribution is -2.29. The average molecular weight is 376 g/mol. The molecular formula is C20H20N6O2. The third-order valence-corrected chi connectivity index (χ3v) is 4.34. The maximum absolute atomic E-state index is 12.3. The van der Waals surface area contributed by atoms with E-state index in [1.807, 2.05) is 12.1 Å². The van der Waals surface area contributed by atoms with Gasteiger partial charge in [-0.2, -0.15) is 5.10 Å². The van der Waals surface area contributed by atoms with Crippen LogP contribution in [0.5, 0.6) is 0 Å². The first kappa shape index (κ1) is 17.7. The monoisotopic (exact) mass is 376 g/mol. The van der Waals surface area contributed by atoms with Crippen molar-refractivity contribution in [3.8, 4) is 5.82 Å². The van der Waals surface area contributed by atoms with E-state index in [0.717, 1.165) is 18.4 Å². The Hall–Kier alpha value is -3.68. The highest BCUT2D eigenvalue weighted by Gasteiger charge is 2.23. The maximum atomic E-state index is 12.3. The fraction of sp³-hybridized carbons (Fsp3) is 0.200. The van der Waals surface area contributed by atoms with Crippen molar-refractivity contribution in [2.45, 2.75) is 25.4 Å². The number of anilines is 1. The van der Waals surface area contributed by atoms with Crippen molar-refractivity contribution >= 4 is 17.6 Å². The van der Waals surface area contributed by atoms with Gasteiger partial charge in [-0.05, 0) is 48.7 Å². The van der Waals surface area contributed by atoms with Crippen molar-refractivity contribution in [2.24, 2.45) is 0 Å². The standard InChI is InChI=1S/C20H20N6O2/c27-19(24-16-8-9-16)15-6-4-14(5-7-15)13-22-20(28)25-17-3-1-10-21-18(17)26-12-2-11-23-26/h1-7,10-12,16H,8-9,13H2,(H,24,27)(H2,22,25,28). The van der Waals surface area contributed by atoms with E-state index in [-0.39, 0.29) is 11.9 Å². The number of benzene rings is 1. The molecule has 8 heteroatoms. The Balaban J connectivity index is 1.33. The van der Waals surface area contributed by atoms with Crippen LogP contribution in [0.3, 0.4) is 0 Å². The zero-order valence-electron chi connectivity index (χ0n) is 15.1. The van der Waals surface area contributed by atoms with Gasteiger partial charge in [0.1, 0.15) is 0 Å². The smallest absolute Gasteiger partial charge is 0.319 e. The largest absolute Gasteiger partial charge is 0.349 e. The first-order valence-corrected chi connectivity index (χ1v) is 9.09. The van der Waals surface area contributed by atoms with E-state index in [1.165, 1.54) is 0 Å². The summed E-state index contributed by atoms with van der Waals surface area (Å²) in [6.07, 6.45) is 7.16. The molecule has 0 aliphatic heterocycles. The number of carbonyl (C=O) groups is 2. The molecule has 2 heterocycles. The van der Waals surface area contributed by atoms with Crippen molar-refractivity contribution < 1.29 is 9.59 Å². The number of hydrogen-bond acceptors (Lipinski definition) is 4. The molecule has 1 saturated carbocycles. The van der Waals surface area contributed by atoms with Gasteiger partial charge in [-0.3, -0.25) is 4.79 Å². The molecule has 1 aliphatic carbocycles. The SMILES string of the molecule is O=C(NCc1ccc(C(=O)NC2CC2)cc1)Nc1cccnc1-n1cccn1. The minimum Gasteiger partial charge on any atom is -0.349 e. The lowest BCUT2D eigenvalue weighted by molar-refractivity contribution is 0.0951. The highest BCUT2D eigenvalue weighted by Crippen LogP contribution is 2.19. The lowest BCUT2D eigenvalue weighted by Gasteiger charge is -2.11. The molecule has 0 spiro atoms. The molecule has 3 aromatic rings. The van der Waals surface area contributed by atoms with E-state index < -0.39 is 0 Å². The molecule has 0 saturated heterocycles. The summed E-state index contributed by atoms with van der Waals surface area (Å²) in [5, 5.41) is 12.7. The van der Waals surface area contributed by atoms with Crippen LogP contribution in [0.25, 0.3) is 5.82 Å². The zero-order valence-corrected chi connectivity index (χ0v) is 15.1. The maximum Gasteiger partial charge on any atom is 0.319 e. The van der Waals surface area contributed by atoms with E-state index in [2.05, 4.69) is 26.0 Å². The second-order valence-corrected chi connectivity index (χ2v) is 6.58. The molecule has 0 unspecified atom stereocenters. The predicted octanol–water partition coefficient (Wildman–Crippen LogP) is 2.48. The number of amides is 3. The molecule has 4 rings (SSSR count). The normalized spacial score (nSPS) is 13.0. The first-order chi connectivity index (χ1) is 13.7. The van der Waals surface area contributed by atoms with Crippen molar-refractivity contribution in [2.75, 3.05) is 5.32 Å². The molecule has 1 fully saturated rings. The van der Waals surface area contributed by atoms with E-state index in [9.17, 15) is 9.59 Å². The first-order valence-electron chi connectivity index (χ1n) is 9.09. The number of rotatable bonds is 6. The summed E-state index contributed by atoms with van der Waals surface area (Å²) in [6, 6.07) is 12.5. The van der Waals surface area contributed by atoms with Crippen molar-refractivity contribution in [1.29, 1.82) is 0 Å². The van der Waals surface area contributed by atoms with Gasteiger partial charge in [0.25, 0.3) is 5.91 Å². The van der Waals surface area contributed by atoms with Crippen LogP contribution in [-0.2, 0) is 6.54 Å². The molecule has 0 atom stereocenters. The Kier molecular flexibility index (Phi) is 5.01. The Morgan fingerprint density at radius 1 is 1.07 bits per heavy atom. The van der Waals surface area contributed by atoms with Crippen molar-refractivity contribution in [3.05, 3.63) is 72.2 Å². The van der Waals surface area contributed by atoms with E-state index >= 15 is 0 Å². The van der Waals surface area contributed by atoms with Gasteiger partial charge in [0, 0.05) is 36.7 Å². The van der Waals surface area contributed by atoms with Gasteiger partial charge in [0.15, 0.2) is 5.82 Å². The fourth-order valence-electron chi connectivity index (χ4n) is 2.69. The number of nitrogens with zero attached hydrogens (tertiary/aromatic N) is 3. The summed E-state index contributed by atoms with van der Waals surface area (Å²) in [5.74, 6) is 0.483. The minimum absolute atomic E-state index is 0.0533. The van der Waals surface area contributed by atoms with Crippen LogP contribution >= 0.6 is 0 Å². The molecule has 0 bridgehead atoms. The fourth-order valence-corrected chi connectivity index (χ4v) is 2.69. The molecule has 142 valence electrons. The van der Waals surface area contributed by atoms with Gasteiger partial charge in [-0.25, -0.2) is 14.5 Å². The van der Waals surface area contributed by atoms with Crippen molar-refractivity contribution in [1.82, 2.24) is 25.4 Å². The minimum atomic E-state index is -0.350. The summed E-state index contributed by atoms with van der Waals surface area (Å²) in [7, 11) is 0. The van der Waals surface area contributed by atoms with Crippen LogP contribution in [0.1, 0.15) is 28.8 Å². The van der Waals surface area contributed by atoms with Crippen LogP contribution in [0.4, 0.5) is 10.5 Å². The van der Waals surface area contributed by atoms with Gasteiger partial charge in [0.2, 0.25) is 0 Å². The molecule has 28 heavy (non-hydrogen) atoms. The Bertz CT molecular complexity index is 965. The average Bonchev–Trinajstić information content (AvgIpc) is 3.36. The molecule has 3 N–H and O–H groups in total. The second kappa shape index (κ2) is 7.91. The number of hydrogen-bond donors (Lipinski definition) is 3. The van der Waals surface area contributed by atoms with E-state index in [1.54, 1.807) is 53.6 Å². The lowest BCUT2D eigenvalue weighted by atomic mass is 10.1. The van der Waals surface area contributed by atoms with Crippen LogP contribution in [0.15, 0.2) is 61.1 Å². The Morgan fingerprint density at radius 3 is 2.61 bits per heavy atom. The number of aromatic nitrogens is 3. The second-order valence-electron chi connectivity index (χ2n) is 6.58. The third kappa shape index (κ3) is 4.35. The topological polar surface area (TPSA) is 101 Å². The number of nitrogens with one attached hydrogen (secondary N) is 3. The molecule has 3 amide bonds. The van der Waals surface area contributed by atoms with Crippen LogP contribution < -0.4 is 16.0 Å². The summed E-state index contributed by atoms with van der Waals surface area (Å²) in [6.45, 7) is 0.341. The Labute approximate surface area is 162 Å². The molecular weight excluding hydrogens is 356 g/mol. The molecule has 8 nitrogen and oxygen atoms in total. The van der Waals surface area contributed by atoms with Crippen LogP contribution in [0.2, 0.25) is 0 Å². The summed E-state index contributed by atoms with van der Waals surface area (Å²) >= 11 is 0. The van der Waals surface area contributed by atoms with Gasteiger partial charge >= 0.3 is 6.03 Å². The number of pyridine rings is 1. The quantitative estimate of drug-likeness (QED) is 0.615. The molecule has 1 aliphatic rings. The van der Waals surface area contributed by atoms with Gasteiger partial charge < -0.3 is 16.0 Å². The molecule has 1 aromatic carbocycles. The number of carbonyl (C=O) groups excluding carboxylic acids is 2. The number of urea groups is 1. The van der Waals surface area contributed by atoms with Crippen molar-refractivity contribution in [3.63, 3.8) is 0 Å². The van der Waals surface area contributed by atoms with Crippen LogP contribution in [-0.4, -0.2) is 32.7 Å². The third-order valence-electron chi connectivity index (χ3n) is 4.34. The Morgan fingerprint density at radius 2 is 1.89 bits per heavy atom. The summed E-state index contributed by atoms with van der Waals surface area (Å²) in [5.41, 5.74) is 2.08. The van der Waals surface area contributed by atoms with Gasteiger partial charge in [-0.15, -0.1) is 0 Å². The van der Waals surface area contributed by atoms with Gasteiger partial charge in [0.05, 0.1) is 5.69 Å².